The monoisotopic (exact) mass is 278 g/mol. The van der Waals surface area contributed by atoms with Crippen LogP contribution in [0, 0.1) is 0 Å². The smallest absolute Gasteiger partial charge is 0.240 e. The van der Waals surface area contributed by atoms with Crippen molar-refractivity contribution in [2.75, 3.05) is 18.8 Å². The third-order valence-electron chi connectivity index (χ3n) is 2.55. The van der Waals surface area contributed by atoms with Gasteiger partial charge in [0.25, 0.3) is 0 Å². The lowest BCUT2D eigenvalue weighted by Crippen LogP contribution is -2.42. The van der Waals surface area contributed by atoms with Crippen LogP contribution in [0.3, 0.4) is 0 Å². The highest BCUT2D eigenvalue weighted by molar-refractivity contribution is 8.00. The molecule has 0 radical (unpaired) electrons. The molecule has 1 fully saturated rings. The highest BCUT2D eigenvalue weighted by Crippen LogP contribution is 2.29. The van der Waals surface area contributed by atoms with Crippen LogP contribution in [0.25, 0.3) is 0 Å². The summed E-state index contributed by atoms with van der Waals surface area (Å²) in [5.74, 6) is 2.41. The number of hydrogen-bond donors (Lipinski definition) is 1. The molecule has 0 atom stereocenters. The quantitative estimate of drug-likeness (QED) is 0.898. The highest BCUT2D eigenvalue weighted by Gasteiger charge is 2.27. The van der Waals surface area contributed by atoms with Crippen molar-refractivity contribution in [2.24, 2.45) is 5.73 Å². The molecule has 0 unspecified atom stereocenters. The van der Waals surface area contributed by atoms with Gasteiger partial charge in [0.15, 0.2) is 5.82 Å². The Balaban J connectivity index is 0.00000144. The van der Waals surface area contributed by atoms with Crippen LogP contribution in [0.4, 0.5) is 0 Å². The van der Waals surface area contributed by atoms with E-state index in [-0.39, 0.29) is 12.4 Å². The van der Waals surface area contributed by atoms with E-state index in [0.29, 0.717) is 17.2 Å². The number of rotatable bonds is 3. The molecule has 1 aromatic heterocycles. The van der Waals surface area contributed by atoms with Crippen LogP contribution in [0.1, 0.15) is 25.6 Å². The van der Waals surface area contributed by atoms with Crippen LogP contribution in [-0.2, 0) is 13.1 Å². The minimum Gasteiger partial charge on any atom is -0.338 e. The standard InChI is InChI=1S/C10H18N4OS.ClH/c1-10(2)7-14(3-4-16-10)6-8-12-9(5-11)15-13-8;/h3-7,11H2,1-2H3;1H. The fourth-order valence-electron chi connectivity index (χ4n) is 1.89. The van der Waals surface area contributed by atoms with Gasteiger partial charge in [0, 0.05) is 23.6 Å². The normalized spacial score (nSPS) is 19.9. The van der Waals surface area contributed by atoms with E-state index < -0.39 is 0 Å². The Bertz CT molecular complexity index is 358. The Kier molecular flexibility index (Phi) is 5.24. The topological polar surface area (TPSA) is 68.2 Å². The van der Waals surface area contributed by atoms with Gasteiger partial charge in [0.2, 0.25) is 5.89 Å². The first kappa shape index (κ1) is 14.8. The number of hydrogen-bond acceptors (Lipinski definition) is 6. The van der Waals surface area contributed by atoms with Crippen molar-refractivity contribution in [3.63, 3.8) is 0 Å². The second-order valence-corrected chi connectivity index (χ2v) is 6.43. The van der Waals surface area contributed by atoms with Crippen molar-refractivity contribution in [1.82, 2.24) is 15.0 Å². The highest BCUT2D eigenvalue weighted by atomic mass is 35.5. The van der Waals surface area contributed by atoms with Crippen LogP contribution in [0.15, 0.2) is 4.52 Å². The molecule has 0 amide bonds. The van der Waals surface area contributed by atoms with Gasteiger partial charge in [-0.3, -0.25) is 4.90 Å². The van der Waals surface area contributed by atoms with Gasteiger partial charge in [-0.2, -0.15) is 16.7 Å². The van der Waals surface area contributed by atoms with E-state index in [2.05, 4.69) is 28.9 Å². The Morgan fingerprint density at radius 2 is 2.29 bits per heavy atom. The summed E-state index contributed by atoms with van der Waals surface area (Å²) in [6.07, 6.45) is 0. The van der Waals surface area contributed by atoms with Crippen molar-refractivity contribution >= 4 is 24.2 Å². The predicted octanol–water partition coefficient (Wildman–Crippen LogP) is 1.28. The molecular weight excluding hydrogens is 260 g/mol. The molecule has 7 heteroatoms. The molecule has 2 rings (SSSR count). The van der Waals surface area contributed by atoms with Crippen LogP contribution < -0.4 is 5.73 Å². The Morgan fingerprint density at radius 3 is 2.88 bits per heavy atom. The van der Waals surface area contributed by atoms with Crippen LogP contribution in [-0.4, -0.2) is 38.6 Å². The molecule has 1 aliphatic rings. The summed E-state index contributed by atoms with van der Waals surface area (Å²) in [6, 6.07) is 0. The minimum atomic E-state index is 0. The lowest BCUT2D eigenvalue weighted by molar-refractivity contribution is 0.242. The second-order valence-electron chi connectivity index (χ2n) is 4.63. The van der Waals surface area contributed by atoms with Crippen molar-refractivity contribution in [3.8, 4) is 0 Å². The summed E-state index contributed by atoms with van der Waals surface area (Å²) in [7, 11) is 0. The van der Waals surface area contributed by atoms with Crippen molar-refractivity contribution in [2.45, 2.75) is 31.7 Å². The average molecular weight is 279 g/mol. The number of nitrogens with zero attached hydrogens (tertiary/aromatic N) is 3. The molecule has 2 heterocycles. The van der Waals surface area contributed by atoms with E-state index in [1.807, 2.05) is 11.8 Å². The Hall–Kier alpha value is -0.300. The van der Waals surface area contributed by atoms with E-state index in [9.17, 15) is 0 Å². The van der Waals surface area contributed by atoms with Gasteiger partial charge in [-0.15, -0.1) is 12.4 Å². The van der Waals surface area contributed by atoms with E-state index in [1.165, 1.54) is 0 Å². The van der Waals surface area contributed by atoms with Crippen LogP contribution >= 0.6 is 24.2 Å². The summed E-state index contributed by atoms with van der Waals surface area (Å²) in [6.45, 7) is 7.75. The Labute approximate surface area is 112 Å². The van der Waals surface area contributed by atoms with Gasteiger partial charge in [-0.05, 0) is 13.8 Å². The summed E-state index contributed by atoms with van der Waals surface area (Å²) in [5.41, 5.74) is 5.43. The molecule has 1 saturated heterocycles. The zero-order valence-electron chi connectivity index (χ0n) is 10.2. The van der Waals surface area contributed by atoms with E-state index >= 15 is 0 Å². The Morgan fingerprint density at radius 1 is 1.53 bits per heavy atom. The minimum absolute atomic E-state index is 0. The van der Waals surface area contributed by atoms with E-state index in [4.69, 9.17) is 10.3 Å². The molecule has 0 saturated carbocycles. The van der Waals surface area contributed by atoms with Crippen molar-refractivity contribution in [1.29, 1.82) is 0 Å². The first-order valence-electron chi connectivity index (χ1n) is 5.47. The molecule has 2 N–H and O–H groups in total. The molecule has 5 nitrogen and oxygen atoms in total. The van der Waals surface area contributed by atoms with Crippen molar-refractivity contribution in [3.05, 3.63) is 11.7 Å². The SMILES string of the molecule is CC1(C)CN(Cc2noc(CN)n2)CCS1.Cl. The molecule has 0 spiro atoms. The molecule has 98 valence electrons. The van der Waals surface area contributed by atoms with Gasteiger partial charge in [-0.1, -0.05) is 5.16 Å². The van der Waals surface area contributed by atoms with Gasteiger partial charge in [0.05, 0.1) is 13.1 Å². The van der Waals surface area contributed by atoms with E-state index in [1.54, 1.807) is 0 Å². The largest absolute Gasteiger partial charge is 0.338 e. The fraction of sp³-hybridized carbons (Fsp3) is 0.800. The van der Waals surface area contributed by atoms with Crippen molar-refractivity contribution < 1.29 is 4.52 Å². The number of halogens is 1. The maximum atomic E-state index is 5.43. The molecular formula is C10H19ClN4OS. The zero-order chi connectivity index (χ0) is 11.6. The molecule has 0 aliphatic carbocycles. The van der Waals surface area contributed by atoms with Crippen LogP contribution in [0.5, 0.6) is 0 Å². The van der Waals surface area contributed by atoms with Gasteiger partial charge < -0.3 is 10.3 Å². The third-order valence-corrected chi connectivity index (χ3v) is 3.85. The maximum Gasteiger partial charge on any atom is 0.240 e. The number of thioether (sulfide) groups is 1. The van der Waals surface area contributed by atoms with Gasteiger partial charge in [-0.25, -0.2) is 0 Å². The lowest BCUT2D eigenvalue weighted by atomic mass is 10.2. The lowest BCUT2D eigenvalue weighted by Gasteiger charge is -2.36. The molecule has 17 heavy (non-hydrogen) atoms. The first-order chi connectivity index (χ1) is 7.59. The molecule has 1 aromatic rings. The zero-order valence-corrected chi connectivity index (χ0v) is 11.8. The second kappa shape index (κ2) is 6.04. The first-order valence-corrected chi connectivity index (χ1v) is 6.45. The molecule has 0 bridgehead atoms. The van der Waals surface area contributed by atoms with Gasteiger partial charge >= 0.3 is 0 Å². The fourth-order valence-corrected chi connectivity index (χ4v) is 3.06. The molecule has 0 aromatic carbocycles. The average Bonchev–Trinajstić information content (AvgIpc) is 2.64. The van der Waals surface area contributed by atoms with Crippen LogP contribution in [0.2, 0.25) is 0 Å². The summed E-state index contributed by atoms with van der Waals surface area (Å²) in [5, 5.41) is 3.91. The summed E-state index contributed by atoms with van der Waals surface area (Å²) < 4.78 is 5.31. The predicted molar refractivity (Wildman–Crippen MR) is 71.3 cm³/mol. The number of aromatic nitrogens is 2. The third kappa shape index (κ3) is 4.13. The maximum absolute atomic E-state index is 5.43. The van der Waals surface area contributed by atoms with E-state index in [0.717, 1.165) is 31.2 Å². The number of nitrogens with two attached hydrogens (primary N) is 1. The molecule has 1 aliphatic heterocycles. The summed E-state index contributed by atoms with van der Waals surface area (Å²) in [4.78, 5) is 6.58. The van der Waals surface area contributed by atoms with Gasteiger partial charge in [0.1, 0.15) is 0 Å². The summed E-state index contributed by atoms with van der Waals surface area (Å²) >= 11 is 2.02.